The van der Waals surface area contributed by atoms with Gasteiger partial charge in [0.25, 0.3) is 0 Å². The third-order valence-corrected chi connectivity index (χ3v) is 3.74. The van der Waals surface area contributed by atoms with E-state index in [9.17, 15) is 4.79 Å². The van der Waals surface area contributed by atoms with E-state index in [-0.39, 0.29) is 11.7 Å². The summed E-state index contributed by atoms with van der Waals surface area (Å²) >= 11 is 0. The molecule has 0 bridgehead atoms. The van der Waals surface area contributed by atoms with E-state index < -0.39 is 0 Å². The Kier molecular flexibility index (Phi) is 3.01. The van der Waals surface area contributed by atoms with Gasteiger partial charge in [0.2, 0.25) is 0 Å². The predicted octanol–water partition coefficient (Wildman–Crippen LogP) is 2.77. The molecule has 3 heterocycles. The van der Waals surface area contributed by atoms with Gasteiger partial charge in [-0.2, -0.15) is 0 Å². The van der Waals surface area contributed by atoms with Crippen molar-refractivity contribution in [3.05, 3.63) is 30.2 Å². The minimum Gasteiger partial charge on any atom is -0.371 e. The Morgan fingerprint density at radius 1 is 1.32 bits per heavy atom. The number of carbonyl (C=O) groups is 1. The molecule has 1 aliphatic rings. The number of nitrogens with zero attached hydrogens (tertiary/aromatic N) is 3. The summed E-state index contributed by atoms with van der Waals surface area (Å²) in [5, 5.41) is 0. The standard InChI is InChI=1S/C15H19N3O/c1-11(2)15(19)13-10-16-14-9-12(5-8-18(13)14)17-6-3-4-7-17/h5,8-11H,3-4,6-7H2,1-2H3. The second kappa shape index (κ2) is 4.68. The lowest BCUT2D eigenvalue weighted by Crippen LogP contribution is -2.17. The molecule has 1 aliphatic heterocycles. The molecular weight excluding hydrogens is 238 g/mol. The Balaban J connectivity index is 1.99. The summed E-state index contributed by atoms with van der Waals surface area (Å²) in [5.41, 5.74) is 2.74. The summed E-state index contributed by atoms with van der Waals surface area (Å²) in [5.74, 6) is 0.139. The van der Waals surface area contributed by atoms with Crippen LogP contribution >= 0.6 is 0 Å². The number of hydrogen-bond donors (Lipinski definition) is 0. The fourth-order valence-corrected chi connectivity index (χ4v) is 2.62. The van der Waals surface area contributed by atoms with Crippen LogP contribution in [0.5, 0.6) is 0 Å². The second-order valence-corrected chi connectivity index (χ2v) is 5.47. The van der Waals surface area contributed by atoms with E-state index in [1.54, 1.807) is 6.20 Å². The molecule has 100 valence electrons. The Hall–Kier alpha value is -1.84. The van der Waals surface area contributed by atoms with E-state index in [1.165, 1.54) is 18.5 Å². The largest absolute Gasteiger partial charge is 0.371 e. The Labute approximate surface area is 113 Å². The average molecular weight is 257 g/mol. The Morgan fingerprint density at radius 3 is 2.74 bits per heavy atom. The number of imidazole rings is 1. The number of aromatic nitrogens is 2. The topological polar surface area (TPSA) is 37.6 Å². The van der Waals surface area contributed by atoms with Crippen molar-refractivity contribution in [3.8, 4) is 0 Å². The fourth-order valence-electron chi connectivity index (χ4n) is 2.62. The van der Waals surface area contributed by atoms with Crippen LogP contribution in [0.3, 0.4) is 0 Å². The fraction of sp³-hybridized carbons (Fsp3) is 0.467. The van der Waals surface area contributed by atoms with Crippen LogP contribution in [-0.4, -0.2) is 28.3 Å². The molecule has 0 radical (unpaired) electrons. The molecule has 1 saturated heterocycles. The summed E-state index contributed by atoms with van der Waals surface area (Å²) in [6.45, 7) is 6.07. The van der Waals surface area contributed by atoms with Crippen LogP contribution < -0.4 is 4.90 Å². The minimum absolute atomic E-state index is 0.00170. The first-order valence-electron chi connectivity index (χ1n) is 6.93. The van der Waals surface area contributed by atoms with Gasteiger partial charge in [-0.15, -0.1) is 0 Å². The highest BCUT2D eigenvalue weighted by Crippen LogP contribution is 2.22. The number of ketones is 1. The molecule has 0 aliphatic carbocycles. The monoisotopic (exact) mass is 257 g/mol. The van der Waals surface area contributed by atoms with Crippen molar-refractivity contribution in [2.45, 2.75) is 26.7 Å². The molecule has 0 N–H and O–H groups in total. The third-order valence-electron chi connectivity index (χ3n) is 3.74. The average Bonchev–Trinajstić information content (AvgIpc) is 3.06. The van der Waals surface area contributed by atoms with E-state index in [2.05, 4.69) is 22.0 Å². The van der Waals surface area contributed by atoms with E-state index in [1.807, 2.05) is 24.4 Å². The van der Waals surface area contributed by atoms with Gasteiger partial charge in [0.05, 0.1) is 6.20 Å². The molecule has 2 aromatic rings. The molecular formula is C15H19N3O. The highest BCUT2D eigenvalue weighted by atomic mass is 16.1. The molecule has 1 fully saturated rings. The molecule has 2 aromatic heterocycles. The lowest BCUT2D eigenvalue weighted by Gasteiger charge is -2.17. The number of carbonyl (C=O) groups excluding carboxylic acids is 1. The van der Waals surface area contributed by atoms with Gasteiger partial charge in [-0.05, 0) is 18.9 Å². The summed E-state index contributed by atoms with van der Waals surface area (Å²) in [6, 6.07) is 4.15. The molecule has 0 spiro atoms. The number of hydrogen-bond acceptors (Lipinski definition) is 3. The van der Waals surface area contributed by atoms with Gasteiger partial charge in [0, 0.05) is 37.0 Å². The SMILES string of the molecule is CC(C)C(=O)c1cnc2cc(N3CCCC3)ccn12. The van der Waals surface area contributed by atoms with Gasteiger partial charge in [0.1, 0.15) is 11.3 Å². The quantitative estimate of drug-likeness (QED) is 0.793. The van der Waals surface area contributed by atoms with Gasteiger partial charge >= 0.3 is 0 Å². The van der Waals surface area contributed by atoms with Crippen molar-refractivity contribution in [1.29, 1.82) is 0 Å². The maximum Gasteiger partial charge on any atom is 0.183 e. The van der Waals surface area contributed by atoms with Crippen LogP contribution in [0.1, 0.15) is 37.2 Å². The van der Waals surface area contributed by atoms with E-state index >= 15 is 0 Å². The molecule has 0 saturated carbocycles. The molecule has 4 heteroatoms. The summed E-state index contributed by atoms with van der Waals surface area (Å²) < 4.78 is 1.89. The van der Waals surface area contributed by atoms with Crippen LogP contribution in [-0.2, 0) is 0 Å². The highest BCUT2D eigenvalue weighted by Gasteiger charge is 2.17. The third kappa shape index (κ3) is 2.11. The highest BCUT2D eigenvalue weighted by molar-refractivity contribution is 5.96. The number of anilines is 1. The Morgan fingerprint density at radius 2 is 2.05 bits per heavy atom. The first-order chi connectivity index (χ1) is 9.16. The number of fused-ring (bicyclic) bond motifs is 1. The van der Waals surface area contributed by atoms with Crippen molar-refractivity contribution >= 4 is 17.1 Å². The van der Waals surface area contributed by atoms with Crippen molar-refractivity contribution in [1.82, 2.24) is 9.38 Å². The van der Waals surface area contributed by atoms with Gasteiger partial charge in [-0.3, -0.25) is 9.20 Å². The zero-order valence-corrected chi connectivity index (χ0v) is 11.5. The number of Topliss-reactive ketones (excluding diaryl/α,β-unsaturated/α-hetero) is 1. The van der Waals surface area contributed by atoms with Crippen LogP contribution in [0.25, 0.3) is 5.65 Å². The number of rotatable bonds is 3. The maximum atomic E-state index is 12.1. The smallest absolute Gasteiger partial charge is 0.183 e. The predicted molar refractivity (Wildman–Crippen MR) is 75.8 cm³/mol. The summed E-state index contributed by atoms with van der Waals surface area (Å²) in [6.07, 6.45) is 6.17. The zero-order chi connectivity index (χ0) is 13.4. The molecule has 19 heavy (non-hydrogen) atoms. The molecule has 0 atom stereocenters. The molecule has 0 unspecified atom stereocenters. The van der Waals surface area contributed by atoms with Crippen LogP contribution in [0, 0.1) is 5.92 Å². The second-order valence-electron chi connectivity index (χ2n) is 5.47. The van der Waals surface area contributed by atoms with Gasteiger partial charge in [-0.1, -0.05) is 13.8 Å². The lowest BCUT2D eigenvalue weighted by molar-refractivity contribution is 0.0933. The van der Waals surface area contributed by atoms with E-state index in [4.69, 9.17) is 0 Å². The minimum atomic E-state index is -0.00170. The first kappa shape index (κ1) is 12.2. The first-order valence-corrected chi connectivity index (χ1v) is 6.93. The van der Waals surface area contributed by atoms with Gasteiger partial charge in [-0.25, -0.2) is 4.98 Å². The van der Waals surface area contributed by atoms with Gasteiger partial charge < -0.3 is 4.90 Å². The van der Waals surface area contributed by atoms with Crippen molar-refractivity contribution in [3.63, 3.8) is 0 Å². The molecule has 0 aromatic carbocycles. The maximum absolute atomic E-state index is 12.1. The van der Waals surface area contributed by atoms with Crippen molar-refractivity contribution in [2.75, 3.05) is 18.0 Å². The Bertz CT molecular complexity index is 609. The number of pyridine rings is 1. The molecule has 3 rings (SSSR count). The molecule has 0 amide bonds. The molecule has 4 nitrogen and oxygen atoms in total. The van der Waals surface area contributed by atoms with Crippen LogP contribution in [0.15, 0.2) is 24.5 Å². The van der Waals surface area contributed by atoms with E-state index in [0.29, 0.717) is 5.69 Å². The van der Waals surface area contributed by atoms with Crippen LogP contribution in [0.2, 0.25) is 0 Å². The lowest BCUT2D eigenvalue weighted by atomic mass is 10.1. The van der Waals surface area contributed by atoms with E-state index in [0.717, 1.165) is 18.7 Å². The van der Waals surface area contributed by atoms with Gasteiger partial charge in [0.15, 0.2) is 5.78 Å². The van der Waals surface area contributed by atoms with Crippen molar-refractivity contribution in [2.24, 2.45) is 5.92 Å². The normalized spacial score (nSPS) is 15.6. The summed E-state index contributed by atoms with van der Waals surface area (Å²) in [7, 11) is 0. The van der Waals surface area contributed by atoms with Crippen LogP contribution in [0.4, 0.5) is 5.69 Å². The zero-order valence-electron chi connectivity index (χ0n) is 11.5. The summed E-state index contributed by atoms with van der Waals surface area (Å²) in [4.78, 5) is 18.8. The van der Waals surface area contributed by atoms with Crippen molar-refractivity contribution < 1.29 is 4.79 Å².